The lowest BCUT2D eigenvalue weighted by molar-refractivity contribution is 0.565. The summed E-state index contributed by atoms with van der Waals surface area (Å²) in [5, 5.41) is 1.54. The molecule has 0 bridgehead atoms. The predicted molar refractivity (Wildman–Crippen MR) is 114 cm³/mol. The fraction of sp³-hybridized carbons (Fsp3) is 0.238. The van der Waals surface area contributed by atoms with E-state index in [-0.39, 0.29) is 5.56 Å². The molecule has 0 radical (unpaired) electrons. The van der Waals surface area contributed by atoms with E-state index >= 15 is 0 Å². The first-order valence-electron chi connectivity index (χ1n) is 8.89. The summed E-state index contributed by atoms with van der Waals surface area (Å²) in [5.74, 6) is 1.64. The molecular weight excluding hydrogens is 396 g/mol. The van der Waals surface area contributed by atoms with Gasteiger partial charge in [0, 0.05) is 29.5 Å². The van der Waals surface area contributed by atoms with Gasteiger partial charge in [-0.2, -0.15) is 0 Å². The normalized spacial score (nSPS) is 12.9. The largest absolute Gasteiger partial charge is 0.286 e. The second-order valence-corrected chi connectivity index (χ2v) is 8.80. The number of benzene rings is 2. The van der Waals surface area contributed by atoms with E-state index in [1.165, 1.54) is 5.56 Å². The van der Waals surface area contributed by atoms with Crippen LogP contribution in [0.2, 0.25) is 5.02 Å². The highest BCUT2D eigenvalue weighted by Gasteiger charge is 2.21. The summed E-state index contributed by atoms with van der Waals surface area (Å²) >= 11 is 9.51. The Morgan fingerprint density at radius 3 is 2.70 bits per heavy atom. The standard InChI is InChI=1S/C21H19ClN2OS2/c22-17-9-5-4-8-16(17)14-27-21-23-18-11-13-26-19(18)20(25)24(21)12-10-15-6-2-1-3-7-15/h1-9H,10-14H2. The minimum atomic E-state index is 0.0973. The van der Waals surface area contributed by atoms with E-state index in [9.17, 15) is 4.79 Å². The van der Waals surface area contributed by atoms with Crippen molar-refractivity contribution in [2.24, 2.45) is 0 Å². The Morgan fingerprint density at radius 2 is 1.89 bits per heavy atom. The van der Waals surface area contributed by atoms with Crippen LogP contribution in [0.3, 0.4) is 0 Å². The molecule has 0 N–H and O–H groups in total. The van der Waals surface area contributed by atoms with Gasteiger partial charge in [-0.05, 0) is 23.6 Å². The van der Waals surface area contributed by atoms with Crippen LogP contribution in [-0.2, 0) is 25.1 Å². The van der Waals surface area contributed by atoms with Gasteiger partial charge in [0.15, 0.2) is 5.16 Å². The van der Waals surface area contributed by atoms with Crippen molar-refractivity contribution < 1.29 is 0 Å². The van der Waals surface area contributed by atoms with E-state index in [2.05, 4.69) is 12.1 Å². The lowest BCUT2D eigenvalue weighted by Gasteiger charge is -2.14. The minimum Gasteiger partial charge on any atom is -0.286 e. The van der Waals surface area contributed by atoms with Crippen molar-refractivity contribution >= 4 is 35.1 Å². The number of aryl methyl sites for hydroxylation is 2. The van der Waals surface area contributed by atoms with Crippen LogP contribution < -0.4 is 5.56 Å². The number of halogens is 1. The predicted octanol–water partition coefficient (Wildman–Crippen LogP) is 5.08. The molecule has 0 saturated carbocycles. The monoisotopic (exact) mass is 414 g/mol. The summed E-state index contributed by atoms with van der Waals surface area (Å²) in [4.78, 5) is 18.7. The van der Waals surface area contributed by atoms with E-state index in [0.717, 1.165) is 44.9 Å². The maximum absolute atomic E-state index is 13.0. The molecule has 3 nitrogen and oxygen atoms in total. The molecule has 0 fully saturated rings. The van der Waals surface area contributed by atoms with Gasteiger partial charge in [0.05, 0.1) is 10.6 Å². The highest BCUT2D eigenvalue weighted by molar-refractivity contribution is 7.99. The zero-order valence-electron chi connectivity index (χ0n) is 14.7. The summed E-state index contributed by atoms with van der Waals surface area (Å²) in [7, 11) is 0. The lowest BCUT2D eigenvalue weighted by atomic mass is 10.1. The molecule has 2 heterocycles. The van der Waals surface area contributed by atoms with Crippen LogP contribution in [0.4, 0.5) is 0 Å². The molecule has 0 spiro atoms. The lowest BCUT2D eigenvalue weighted by Crippen LogP contribution is -2.26. The third-order valence-corrected chi connectivity index (χ3v) is 7.03. The van der Waals surface area contributed by atoms with Gasteiger partial charge < -0.3 is 0 Å². The molecular formula is C21H19ClN2OS2. The Morgan fingerprint density at radius 1 is 1.11 bits per heavy atom. The molecule has 4 rings (SSSR count). The highest BCUT2D eigenvalue weighted by atomic mass is 35.5. The number of rotatable bonds is 6. The summed E-state index contributed by atoms with van der Waals surface area (Å²) in [6.07, 6.45) is 1.68. The van der Waals surface area contributed by atoms with E-state index in [1.807, 2.05) is 47.0 Å². The molecule has 27 heavy (non-hydrogen) atoms. The van der Waals surface area contributed by atoms with Gasteiger partial charge in [-0.1, -0.05) is 71.9 Å². The maximum Gasteiger partial charge on any atom is 0.268 e. The van der Waals surface area contributed by atoms with E-state index in [0.29, 0.717) is 12.3 Å². The van der Waals surface area contributed by atoms with Crippen molar-refractivity contribution in [1.29, 1.82) is 0 Å². The number of fused-ring (bicyclic) bond motifs is 1. The minimum absolute atomic E-state index is 0.0973. The molecule has 6 heteroatoms. The van der Waals surface area contributed by atoms with Crippen molar-refractivity contribution in [2.75, 3.05) is 5.75 Å². The molecule has 1 aromatic heterocycles. The molecule has 0 atom stereocenters. The SMILES string of the molecule is O=c1c2c(nc(SCc3ccccc3Cl)n1CCc1ccccc1)CCS2. The van der Waals surface area contributed by atoms with Crippen molar-refractivity contribution in [3.63, 3.8) is 0 Å². The molecule has 3 aromatic rings. The molecule has 138 valence electrons. The van der Waals surface area contributed by atoms with Gasteiger partial charge in [-0.25, -0.2) is 4.98 Å². The van der Waals surface area contributed by atoms with Crippen LogP contribution in [0.1, 0.15) is 16.8 Å². The first kappa shape index (κ1) is 18.7. The van der Waals surface area contributed by atoms with Gasteiger partial charge in [0.1, 0.15) is 0 Å². The third kappa shape index (κ3) is 4.26. The Balaban J connectivity index is 1.62. The van der Waals surface area contributed by atoms with Crippen molar-refractivity contribution in [3.05, 3.63) is 86.8 Å². The average Bonchev–Trinajstić information content (AvgIpc) is 3.16. The first-order valence-corrected chi connectivity index (χ1v) is 11.2. The van der Waals surface area contributed by atoms with Gasteiger partial charge in [0.2, 0.25) is 0 Å². The Labute approximate surface area is 172 Å². The van der Waals surface area contributed by atoms with Crippen LogP contribution in [0.25, 0.3) is 0 Å². The van der Waals surface area contributed by atoms with Gasteiger partial charge in [-0.15, -0.1) is 11.8 Å². The van der Waals surface area contributed by atoms with E-state index < -0.39 is 0 Å². The number of nitrogens with zero attached hydrogens (tertiary/aromatic N) is 2. The molecule has 0 unspecified atom stereocenters. The second-order valence-electron chi connectivity index (χ2n) is 6.34. The quantitative estimate of drug-likeness (QED) is 0.416. The highest BCUT2D eigenvalue weighted by Crippen LogP contribution is 2.30. The van der Waals surface area contributed by atoms with Crippen LogP contribution in [0, 0.1) is 0 Å². The number of hydrogen-bond acceptors (Lipinski definition) is 4. The van der Waals surface area contributed by atoms with Gasteiger partial charge >= 0.3 is 0 Å². The molecule has 1 aliphatic rings. The Bertz CT molecular complexity index is 1000. The molecule has 2 aromatic carbocycles. The summed E-state index contributed by atoms with van der Waals surface area (Å²) in [6, 6.07) is 18.1. The summed E-state index contributed by atoms with van der Waals surface area (Å²) < 4.78 is 1.84. The fourth-order valence-electron chi connectivity index (χ4n) is 3.07. The van der Waals surface area contributed by atoms with Crippen molar-refractivity contribution in [2.45, 2.75) is 35.2 Å². The molecule has 0 saturated heterocycles. The number of thioether (sulfide) groups is 2. The number of hydrogen-bond donors (Lipinski definition) is 0. The van der Waals surface area contributed by atoms with Crippen molar-refractivity contribution in [3.8, 4) is 0 Å². The van der Waals surface area contributed by atoms with Crippen LogP contribution in [-0.4, -0.2) is 15.3 Å². The third-order valence-electron chi connectivity index (χ3n) is 4.53. The van der Waals surface area contributed by atoms with E-state index in [1.54, 1.807) is 23.5 Å². The zero-order valence-corrected chi connectivity index (χ0v) is 17.1. The first-order chi connectivity index (χ1) is 13.2. The topological polar surface area (TPSA) is 34.9 Å². The summed E-state index contributed by atoms with van der Waals surface area (Å²) in [6.45, 7) is 0.633. The van der Waals surface area contributed by atoms with E-state index in [4.69, 9.17) is 16.6 Å². The second kappa shape index (κ2) is 8.55. The fourth-order valence-corrected chi connectivity index (χ4v) is 5.44. The van der Waals surface area contributed by atoms with Crippen LogP contribution in [0.15, 0.2) is 69.4 Å². The smallest absolute Gasteiger partial charge is 0.268 e. The Kier molecular flexibility index (Phi) is 5.91. The zero-order chi connectivity index (χ0) is 18.6. The maximum atomic E-state index is 13.0. The summed E-state index contributed by atoms with van der Waals surface area (Å²) in [5.41, 5.74) is 3.32. The Hall–Kier alpha value is -1.69. The molecule has 1 aliphatic heterocycles. The van der Waals surface area contributed by atoms with Crippen LogP contribution >= 0.6 is 35.1 Å². The molecule has 0 aliphatic carbocycles. The van der Waals surface area contributed by atoms with Crippen LogP contribution in [0.5, 0.6) is 0 Å². The van der Waals surface area contributed by atoms with Gasteiger partial charge in [-0.3, -0.25) is 9.36 Å². The molecule has 0 amide bonds. The van der Waals surface area contributed by atoms with Gasteiger partial charge in [0.25, 0.3) is 5.56 Å². The number of aromatic nitrogens is 2. The average molecular weight is 415 g/mol. The van der Waals surface area contributed by atoms with Crippen molar-refractivity contribution in [1.82, 2.24) is 9.55 Å².